The van der Waals surface area contributed by atoms with Gasteiger partial charge in [0.2, 0.25) is 0 Å². The summed E-state index contributed by atoms with van der Waals surface area (Å²) >= 11 is 0. The third-order valence-corrected chi connectivity index (χ3v) is 9.10. The van der Waals surface area contributed by atoms with Gasteiger partial charge in [0.25, 0.3) is 0 Å². The Labute approximate surface area is 148 Å². The van der Waals surface area contributed by atoms with Crippen molar-refractivity contribution in [3.8, 4) is 0 Å². The van der Waals surface area contributed by atoms with Crippen LogP contribution in [0.25, 0.3) is 0 Å². The number of hydrogen-bond acceptors (Lipinski definition) is 3. The zero-order valence-corrected chi connectivity index (χ0v) is 15.3. The highest BCUT2D eigenvalue weighted by atomic mass is 19.1. The molecule has 1 spiro atoms. The molecule has 0 aromatic rings. The number of carbonyl (C=O) groups is 2. The monoisotopic (exact) mass is 346 g/mol. The maximum absolute atomic E-state index is 14.4. The van der Waals surface area contributed by atoms with Crippen molar-refractivity contribution in [3.05, 3.63) is 12.2 Å². The molecule has 3 nitrogen and oxygen atoms in total. The molecule has 1 saturated heterocycles. The lowest BCUT2D eigenvalue weighted by Gasteiger charge is -2.61. The van der Waals surface area contributed by atoms with Gasteiger partial charge < -0.3 is 4.74 Å². The molecular formula is C21H27FO3. The summed E-state index contributed by atoms with van der Waals surface area (Å²) in [4.78, 5) is 24.8. The van der Waals surface area contributed by atoms with Crippen LogP contribution >= 0.6 is 0 Å². The number of alkyl halides is 1. The Morgan fingerprint density at radius 2 is 1.92 bits per heavy atom. The lowest BCUT2D eigenvalue weighted by Crippen LogP contribution is -2.61. The minimum Gasteiger partial charge on any atom is -0.352 e. The highest BCUT2D eigenvalue weighted by molar-refractivity contribution is 5.92. The minimum atomic E-state index is -1.31. The number of ether oxygens (including phenoxy) is 1. The fourth-order valence-electron chi connectivity index (χ4n) is 7.61. The molecule has 25 heavy (non-hydrogen) atoms. The van der Waals surface area contributed by atoms with Gasteiger partial charge in [-0.05, 0) is 54.9 Å². The van der Waals surface area contributed by atoms with Gasteiger partial charge >= 0.3 is 0 Å². The van der Waals surface area contributed by atoms with Crippen molar-refractivity contribution in [1.29, 1.82) is 0 Å². The van der Waals surface area contributed by atoms with Gasteiger partial charge in [0, 0.05) is 17.3 Å². The lowest BCUT2D eigenvalue weighted by atomic mass is 9.42. The smallest absolute Gasteiger partial charge is 0.173 e. The van der Waals surface area contributed by atoms with Gasteiger partial charge in [-0.3, -0.25) is 9.59 Å². The van der Waals surface area contributed by atoms with Crippen molar-refractivity contribution in [2.75, 3.05) is 0 Å². The van der Waals surface area contributed by atoms with Gasteiger partial charge in [-0.2, -0.15) is 0 Å². The number of fused-ring (bicyclic) bond motifs is 4. The van der Waals surface area contributed by atoms with E-state index in [9.17, 15) is 14.0 Å². The predicted octanol–water partition coefficient (Wildman–Crippen LogP) is 3.66. The number of ketones is 2. The van der Waals surface area contributed by atoms with E-state index in [4.69, 9.17) is 4.74 Å². The molecule has 0 N–H and O–H groups in total. The van der Waals surface area contributed by atoms with Crippen molar-refractivity contribution < 1.29 is 18.7 Å². The molecule has 5 rings (SSSR count). The van der Waals surface area contributed by atoms with E-state index in [0.717, 1.165) is 24.8 Å². The van der Waals surface area contributed by atoms with Crippen LogP contribution < -0.4 is 0 Å². The van der Waals surface area contributed by atoms with Crippen LogP contribution in [0.15, 0.2) is 12.2 Å². The van der Waals surface area contributed by atoms with Gasteiger partial charge in [0.1, 0.15) is 5.60 Å². The summed E-state index contributed by atoms with van der Waals surface area (Å²) in [6.45, 7) is 10.8. The molecule has 5 fully saturated rings. The van der Waals surface area contributed by atoms with Crippen molar-refractivity contribution in [1.82, 2.24) is 0 Å². The quantitative estimate of drug-likeness (QED) is 0.497. The maximum Gasteiger partial charge on any atom is 0.173 e. The van der Waals surface area contributed by atoms with Crippen LogP contribution in [-0.2, 0) is 14.3 Å². The second-order valence-corrected chi connectivity index (χ2v) is 9.75. The molecule has 9 atom stereocenters. The van der Waals surface area contributed by atoms with Gasteiger partial charge in [0.05, 0.1) is 0 Å². The van der Waals surface area contributed by atoms with E-state index >= 15 is 0 Å². The molecule has 4 aliphatic carbocycles. The third kappa shape index (κ3) is 1.54. The Hall–Kier alpha value is -1.03. The molecule has 4 saturated carbocycles. The van der Waals surface area contributed by atoms with Gasteiger partial charge in [0.15, 0.2) is 23.8 Å². The first-order chi connectivity index (χ1) is 11.7. The Morgan fingerprint density at radius 3 is 2.64 bits per heavy atom. The number of epoxide rings is 1. The van der Waals surface area contributed by atoms with Gasteiger partial charge in [-0.25, -0.2) is 4.39 Å². The Bertz CT molecular complexity index is 716. The van der Waals surface area contributed by atoms with Crippen LogP contribution in [0.2, 0.25) is 0 Å². The average Bonchev–Trinajstić information content (AvgIpc) is 3.30. The second-order valence-electron chi connectivity index (χ2n) is 9.75. The van der Waals surface area contributed by atoms with Crippen LogP contribution in [0, 0.1) is 34.5 Å². The van der Waals surface area contributed by atoms with Crippen molar-refractivity contribution in [3.63, 3.8) is 0 Å². The summed E-state index contributed by atoms with van der Waals surface area (Å²) in [5, 5.41) is 0. The van der Waals surface area contributed by atoms with Crippen LogP contribution in [0.3, 0.4) is 0 Å². The fraction of sp³-hybridized carbons (Fsp3) is 0.810. The summed E-state index contributed by atoms with van der Waals surface area (Å²) in [7, 11) is 0. The summed E-state index contributed by atoms with van der Waals surface area (Å²) < 4.78 is 20.5. The zero-order chi connectivity index (χ0) is 17.9. The Morgan fingerprint density at radius 1 is 1.20 bits per heavy atom. The largest absolute Gasteiger partial charge is 0.352 e. The lowest BCUT2D eigenvalue weighted by molar-refractivity contribution is -0.141. The third-order valence-electron chi connectivity index (χ3n) is 9.10. The SMILES string of the molecule is C=C1C(C)[C@@H]2[C@@H](CC[C@]3(C)C(=O)C(F)C[C@@H]23)[C@@]2(C)CCC(=O)C3OC132. The van der Waals surface area contributed by atoms with Crippen LogP contribution in [-0.4, -0.2) is 29.4 Å². The van der Waals surface area contributed by atoms with E-state index in [-0.39, 0.29) is 40.8 Å². The first kappa shape index (κ1) is 16.2. The second kappa shape index (κ2) is 4.44. The van der Waals surface area contributed by atoms with E-state index in [0.29, 0.717) is 18.8 Å². The zero-order valence-electron chi connectivity index (χ0n) is 15.3. The molecule has 0 radical (unpaired) electrons. The minimum absolute atomic E-state index is 0.0875. The summed E-state index contributed by atoms with van der Waals surface area (Å²) in [5.74, 6) is 0.927. The normalized spacial score (nSPS) is 59.8. The van der Waals surface area contributed by atoms with E-state index in [1.165, 1.54) is 0 Å². The molecule has 0 aromatic carbocycles. The first-order valence-corrected chi connectivity index (χ1v) is 9.76. The molecule has 4 heteroatoms. The van der Waals surface area contributed by atoms with Crippen molar-refractivity contribution >= 4 is 11.6 Å². The van der Waals surface area contributed by atoms with Crippen molar-refractivity contribution in [2.45, 2.75) is 70.8 Å². The Kier molecular flexibility index (Phi) is 2.87. The maximum atomic E-state index is 14.4. The van der Waals surface area contributed by atoms with Crippen LogP contribution in [0.5, 0.6) is 0 Å². The van der Waals surface area contributed by atoms with E-state index < -0.39 is 17.2 Å². The van der Waals surface area contributed by atoms with Gasteiger partial charge in [-0.15, -0.1) is 0 Å². The summed E-state index contributed by atoms with van der Waals surface area (Å²) in [6, 6.07) is 0. The van der Waals surface area contributed by atoms with Crippen molar-refractivity contribution in [2.24, 2.45) is 34.5 Å². The topological polar surface area (TPSA) is 46.7 Å². The molecule has 136 valence electrons. The van der Waals surface area contributed by atoms with E-state index in [1.807, 2.05) is 6.92 Å². The fourth-order valence-corrected chi connectivity index (χ4v) is 7.61. The number of rotatable bonds is 0. The molecule has 1 aliphatic heterocycles. The number of hydrogen-bond donors (Lipinski definition) is 0. The highest BCUT2D eigenvalue weighted by Gasteiger charge is 2.79. The molecular weight excluding hydrogens is 319 g/mol. The number of Topliss-reactive ketones (excluding diaryl/α,β-unsaturated/α-hetero) is 2. The van der Waals surface area contributed by atoms with E-state index in [1.54, 1.807) is 0 Å². The molecule has 4 unspecified atom stereocenters. The molecule has 0 aromatic heterocycles. The molecule has 0 bridgehead atoms. The average molecular weight is 346 g/mol. The first-order valence-electron chi connectivity index (χ1n) is 9.76. The Balaban J connectivity index is 1.61. The molecule has 1 heterocycles. The molecule has 5 aliphatic rings. The van der Waals surface area contributed by atoms with E-state index in [2.05, 4.69) is 20.4 Å². The standard InChI is InChI=1S/C21H27FO3/c1-10-11(2)21-18(25-21)15(23)6-8-20(21,4)12-5-7-19(3)13(16(10)12)9-14(22)17(19)24/h10,12-14,16,18H,2,5-9H2,1,3-4H3/t10?,12-,13+,14?,16-,18?,19+,20-,21?/m1/s1. The predicted molar refractivity (Wildman–Crippen MR) is 90.6 cm³/mol. The van der Waals surface area contributed by atoms with Crippen LogP contribution in [0.1, 0.15) is 52.9 Å². The number of halogens is 1. The number of carbonyl (C=O) groups excluding carboxylic acids is 2. The van der Waals surface area contributed by atoms with Gasteiger partial charge in [-0.1, -0.05) is 27.4 Å². The highest BCUT2D eigenvalue weighted by Crippen LogP contribution is 2.74. The summed E-state index contributed by atoms with van der Waals surface area (Å²) in [6.07, 6.45) is 1.83. The summed E-state index contributed by atoms with van der Waals surface area (Å²) in [5.41, 5.74) is -0.106. The molecule has 0 amide bonds. The van der Waals surface area contributed by atoms with Crippen LogP contribution in [0.4, 0.5) is 4.39 Å².